The minimum atomic E-state index is -1.23. The molecular formula is C44H50N10O4. The Hall–Kier alpha value is -5.62. The van der Waals surface area contributed by atoms with E-state index >= 15 is 0 Å². The van der Waals surface area contributed by atoms with Crippen LogP contribution < -0.4 is 15.5 Å². The summed E-state index contributed by atoms with van der Waals surface area (Å²) >= 11 is 0. The van der Waals surface area contributed by atoms with Crippen molar-refractivity contribution in [3.8, 4) is 6.07 Å². The molecule has 58 heavy (non-hydrogen) atoms. The van der Waals surface area contributed by atoms with E-state index in [-0.39, 0.29) is 29.7 Å². The molecule has 5 aromatic rings. The Balaban J connectivity index is 0.768. The Labute approximate surface area is 337 Å². The van der Waals surface area contributed by atoms with Gasteiger partial charge in [-0.2, -0.15) is 15.5 Å². The molecule has 6 heterocycles. The molecule has 0 unspecified atom stereocenters. The lowest BCUT2D eigenvalue weighted by molar-refractivity contribution is -0.134. The first-order valence-corrected chi connectivity index (χ1v) is 20.6. The summed E-state index contributed by atoms with van der Waals surface area (Å²) in [5.74, 6) is -0.351. The highest BCUT2D eigenvalue weighted by molar-refractivity contribution is 6.05. The highest BCUT2D eigenvalue weighted by Crippen LogP contribution is 2.36. The van der Waals surface area contributed by atoms with Crippen molar-refractivity contribution in [2.24, 2.45) is 5.92 Å². The summed E-state index contributed by atoms with van der Waals surface area (Å²) in [6, 6.07) is 20.1. The Morgan fingerprint density at radius 1 is 0.983 bits per heavy atom. The van der Waals surface area contributed by atoms with Gasteiger partial charge in [0.2, 0.25) is 11.8 Å². The van der Waals surface area contributed by atoms with Crippen molar-refractivity contribution in [2.45, 2.75) is 76.0 Å². The standard InChI is InChI=1S/C44H50N10O4/c1-44(2,58)37-21-38-31(20-39(37)47-43(57)40-12-10-35-18-28(22-45)23-46-54(35)40)27-53(49-38)33-8-6-32(7-9-33)51-16-14-50(15-17-51)24-29-25-52(26-29)34-5-3-4-30(19-34)36-11-13-41(55)48-42(36)56/h3-5,10,12,18-21,23,27,29,32-33,36,58H,6-9,11,13-17,24-26H2,1-2H3,(H,47,57)(H,48,55,56)/t32?,33?,36-/m1/s1. The van der Waals surface area contributed by atoms with Crippen LogP contribution in [0.2, 0.25) is 0 Å². The van der Waals surface area contributed by atoms with Crippen LogP contribution in [0.1, 0.15) is 91.5 Å². The maximum Gasteiger partial charge on any atom is 0.274 e. The van der Waals surface area contributed by atoms with Gasteiger partial charge in [-0.05, 0) is 94.0 Å². The van der Waals surface area contributed by atoms with Crippen molar-refractivity contribution in [1.82, 2.24) is 34.5 Å². The lowest BCUT2D eigenvalue weighted by atomic mass is 9.89. The summed E-state index contributed by atoms with van der Waals surface area (Å²) in [7, 11) is 0. The summed E-state index contributed by atoms with van der Waals surface area (Å²) in [6.07, 6.45) is 8.81. The number of rotatable bonds is 9. The number of imide groups is 1. The smallest absolute Gasteiger partial charge is 0.274 e. The minimum absolute atomic E-state index is 0.180. The van der Waals surface area contributed by atoms with Gasteiger partial charge in [0, 0.05) is 92.7 Å². The topological polar surface area (TPSA) is 164 Å². The first-order valence-electron chi connectivity index (χ1n) is 20.6. The van der Waals surface area contributed by atoms with Crippen molar-refractivity contribution in [2.75, 3.05) is 56.0 Å². The number of amides is 3. The van der Waals surface area contributed by atoms with E-state index in [0.717, 1.165) is 93.7 Å². The minimum Gasteiger partial charge on any atom is -0.386 e. The van der Waals surface area contributed by atoms with E-state index in [2.05, 4.69) is 59.5 Å². The molecule has 14 heteroatoms. The first kappa shape index (κ1) is 37.9. The second kappa shape index (κ2) is 15.3. The van der Waals surface area contributed by atoms with Gasteiger partial charge < -0.3 is 20.2 Å². The molecule has 3 aromatic heterocycles. The monoisotopic (exact) mass is 782 g/mol. The quantitative estimate of drug-likeness (QED) is 0.177. The number of carbonyl (C=O) groups excluding carboxylic acids is 3. The van der Waals surface area contributed by atoms with Crippen molar-refractivity contribution in [3.05, 3.63) is 89.4 Å². The molecule has 1 saturated carbocycles. The fraction of sp³-hybridized carbons (Fsp3) is 0.455. The van der Waals surface area contributed by atoms with Gasteiger partial charge in [-0.3, -0.25) is 29.3 Å². The number of benzene rings is 2. The van der Waals surface area contributed by atoms with E-state index in [1.165, 1.54) is 10.7 Å². The van der Waals surface area contributed by atoms with E-state index in [1.54, 1.807) is 32.0 Å². The van der Waals surface area contributed by atoms with Crippen molar-refractivity contribution >= 4 is 45.5 Å². The van der Waals surface area contributed by atoms with Gasteiger partial charge in [0.1, 0.15) is 11.8 Å². The maximum atomic E-state index is 13.5. The van der Waals surface area contributed by atoms with Crippen LogP contribution in [0.4, 0.5) is 11.4 Å². The van der Waals surface area contributed by atoms with Crippen LogP contribution in [0, 0.1) is 17.2 Å². The number of fused-ring (bicyclic) bond motifs is 2. The highest BCUT2D eigenvalue weighted by Gasteiger charge is 2.34. The molecule has 0 bridgehead atoms. The predicted octanol–water partition coefficient (Wildman–Crippen LogP) is 4.79. The fourth-order valence-electron chi connectivity index (χ4n) is 9.52. The summed E-state index contributed by atoms with van der Waals surface area (Å²) in [6.45, 7) is 10.9. The van der Waals surface area contributed by atoms with E-state index in [9.17, 15) is 24.8 Å². The van der Waals surface area contributed by atoms with Crippen LogP contribution in [0.5, 0.6) is 0 Å². The SMILES string of the molecule is CC(C)(O)c1cc2nn(C3CCC(N4CCN(CC5CN(c6cccc([C@H]7CCC(=O)NC7=O)c6)C5)CC4)CC3)cc2cc1NC(=O)c1ccc2cc(C#N)cnn12. The third kappa shape index (κ3) is 7.57. The molecule has 3 aliphatic heterocycles. The number of hydrogen-bond donors (Lipinski definition) is 3. The third-order valence-corrected chi connectivity index (χ3v) is 12.7. The van der Waals surface area contributed by atoms with E-state index in [0.29, 0.717) is 52.8 Å². The van der Waals surface area contributed by atoms with Gasteiger partial charge in [-0.1, -0.05) is 12.1 Å². The van der Waals surface area contributed by atoms with Gasteiger partial charge in [-0.15, -0.1) is 0 Å². The number of nitriles is 1. The van der Waals surface area contributed by atoms with Gasteiger partial charge in [0.25, 0.3) is 5.91 Å². The Kier molecular flexibility index (Phi) is 9.99. The molecule has 1 aliphatic carbocycles. The number of anilines is 2. The van der Waals surface area contributed by atoms with Gasteiger partial charge in [0.15, 0.2) is 0 Å². The summed E-state index contributed by atoms with van der Waals surface area (Å²) < 4.78 is 3.59. The van der Waals surface area contributed by atoms with E-state index in [4.69, 9.17) is 5.10 Å². The molecule has 300 valence electrons. The summed E-state index contributed by atoms with van der Waals surface area (Å²) in [5, 5.41) is 36.0. The van der Waals surface area contributed by atoms with Crippen LogP contribution in [-0.2, 0) is 15.2 Å². The molecule has 0 spiro atoms. The average molecular weight is 783 g/mol. The zero-order valence-electron chi connectivity index (χ0n) is 33.1. The number of carbonyl (C=O) groups is 3. The number of piperidine rings is 1. The maximum absolute atomic E-state index is 13.5. The summed E-state index contributed by atoms with van der Waals surface area (Å²) in [4.78, 5) is 45.3. The Morgan fingerprint density at radius 3 is 2.50 bits per heavy atom. The molecule has 9 rings (SSSR count). The van der Waals surface area contributed by atoms with Crippen LogP contribution in [0.15, 0.2) is 67.0 Å². The van der Waals surface area contributed by atoms with E-state index < -0.39 is 5.60 Å². The molecule has 1 atom stereocenters. The number of piperazine rings is 1. The second-order valence-electron chi connectivity index (χ2n) is 17.2. The number of nitrogens with one attached hydrogen (secondary N) is 2. The number of aliphatic hydroxyl groups is 1. The van der Waals surface area contributed by atoms with Crippen LogP contribution in [-0.4, -0.2) is 104 Å². The molecule has 0 radical (unpaired) electrons. The molecule has 4 fully saturated rings. The normalized spacial score (nSPS) is 22.5. The van der Waals surface area contributed by atoms with Gasteiger partial charge >= 0.3 is 0 Å². The van der Waals surface area contributed by atoms with Crippen molar-refractivity contribution in [3.63, 3.8) is 0 Å². The van der Waals surface area contributed by atoms with E-state index in [1.807, 2.05) is 24.3 Å². The second-order valence-corrected chi connectivity index (χ2v) is 17.2. The lowest BCUT2D eigenvalue weighted by Gasteiger charge is -2.46. The molecule has 4 aliphatic rings. The molecule has 14 nitrogen and oxygen atoms in total. The molecule has 3 saturated heterocycles. The Bertz CT molecular complexity index is 2420. The predicted molar refractivity (Wildman–Crippen MR) is 219 cm³/mol. The zero-order chi connectivity index (χ0) is 40.1. The number of aromatic nitrogens is 4. The summed E-state index contributed by atoms with van der Waals surface area (Å²) in [5.41, 5.74) is 4.19. The fourth-order valence-corrected chi connectivity index (χ4v) is 9.52. The highest BCUT2D eigenvalue weighted by atomic mass is 16.3. The molecular weight excluding hydrogens is 733 g/mol. The molecule has 3 N–H and O–H groups in total. The Morgan fingerprint density at radius 2 is 1.76 bits per heavy atom. The number of nitrogens with zero attached hydrogens (tertiary/aromatic N) is 8. The van der Waals surface area contributed by atoms with Crippen molar-refractivity contribution in [1.29, 1.82) is 5.26 Å². The van der Waals surface area contributed by atoms with Crippen molar-refractivity contribution < 1.29 is 19.5 Å². The largest absolute Gasteiger partial charge is 0.386 e. The van der Waals surface area contributed by atoms with Crippen LogP contribution in [0.3, 0.4) is 0 Å². The van der Waals surface area contributed by atoms with Gasteiger partial charge in [0.05, 0.1) is 40.4 Å². The zero-order valence-corrected chi connectivity index (χ0v) is 33.1. The van der Waals surface area contributed by atoms with Crippen LogP contribution in [0.25, 0.3) is 16.4 Å². The average Bonchev–Trinajstić information content (AvgIpc) is 3.83. The molecule has 3 amide bonds. The first-order chi connectivity index (χ1) is 28.0. The molecule has 2 aromatic carbocycles. The number of hydrogen-bond acceptors (Lipinski definition) is 10. The lowest BCUT2D eigenvalue weighted by Crippen LogP contribution is -2.56. The van der Waals surface area contributed by atoms with Crippen LogP contribution >= 0.6 is 0 Å². The van der Waals surface area contributed by atoms with Gasteiger partial charge in [-0.25, -0.2) is 4.52 Å². The third-order valence-electron chi connectivity index (χ3n) is 12.7.